The largest absolute Gasteiger partial charge is 0.293 e. The van der Waals surface area contributed by atoms with Crippen molar-refractivity contribution in [1.29, 1.82) is 0 Å². The molecule has 2 aliphatic rings. The number of nitrogens with zero attached hydrogens (tertiary/aromatic N) is 1. The molecule has 1 nitrogen and oxygen atoms in total. The normalized spacial score (nSPS) is 20.3. The Balaban J connectivity index is 1.74. The van der Waals surface area contributed by atoms with Crippen molar-refractivity contribution in [2.24, 2.45) is 0 Å². The van der Waals surface area contributed by atoms with Crippen molar-refractivity contribution in [3.8, 4) is 0 Å². The summed E-state index contributed by atoms with van der Waals surface area (Å²) in [6, 6.07) is 18.7. The Bertz CT molecular complexity index is 753. The Morgan fingerprint density at radius 3 is 2.04 bits per heavy atom. The number of fused-ring (bicyclic) bond motifs is 3. The van der Waals surface area contributed by atoms with Crippen molar-refractivity contribution in [3.05, 3.63) is 96.1 Å². The van der Waals surface area contributed by atoms with Gasteiger partial charge in [-0.15, -0.1) is 13.2 Å². The van der Waals surface area contributed by atoms with Gasteiger partial charge in [0.25, 0.3) is 0 Å². The van der Waals surface area contributed by atoms with E-state index in [9.17, 15) is 0 Å². The summed E-state index contributed by atoms with van der Waals surface area (Å²) < 4.78 is 0. The maximum Gasteiger partial charge on any atom is 0.0166 e. The number of rotatable bonds is 5. The summed E-state index contributed by atoms with van der Waals surface area (Å²) in [6.07, 6.45) is 8.76. The highest BCUT2D eigenvalue weighted by Crippen LogP contribution is 2.48. The summed E-state index contributed by atoms with van der Waals surface area (Å²) in [4.78, 5) is 2.54. The molecule has 0 saturated heterocycles. The minimum Gasteiger partial charge on any atom is -0.293 e. The molecule has 0 heterocycles. The lowest BCUT2D eigenvalue weighted by Gasteiger charge is -2.44. The van der Waals surface area contributed by atoms with E-state index < -0.39 is 0 Å². The molecular formula is C24H27N. The molecule has 0 aromatic heterocycles. The van der Waals surface area contributed by atoms with Crippen molar-refractivity contribution in [1.82, 2.24) is 4.90 Å². The molecule has 0 aliphatic heterocycles. The van der Waals surface area contributed by atoms with Crippen molar-refractivity contribution >= 4 is 0 Å². The fourth-order valence-corrected chi connectivity index (χ4v) is 5.09. The summed E-state index contributed by atoms with van der Waals surface area (Å²) in [5.41, 5.74) is 6.45. The molecule has 2 aliphatic carbocycles. The zero-order valence-corrected chi connectivity index (χ0v) is 15.0. The molecule has 2 aromatic carbocycles. The van der Waals surface area contributed by atoms with Crippen LogP contribution in [-0.4, -0.2) is 24.0 Å². The zero-order chi connectivity index (χ0) is 17.3. The van der Waals surface area contributed by atoms with E-state index in [1.54, 1.807) is 5.56 Å². The monoisotopic (exact) mass is 329 g/mol. The van der Waals surface area contributed by atoms with Crippen LogP contribution in [0.3, 0.4) is 0 Å². The van der Waals surface area contributed by atoms with Crippen LogP contribution in [-0.2, 0) is 24.7 Å². The van der Waals surface area contributed by atoms with Crippen LogP contribution in [0.4, 0.5) is 0 Å². The Morgan fingerprint density at radius 1 is 0.880 bits per heavy atom. The average Bonchev–Trinajstić information content (AvgIpc) is 3.00. The van der Waals surface area contributed by atoms with Crippen LogP contribution < -0.4 is 0 Å². The van der Waals surface area contributed by atoms with Gasteiger partial charge in [-0.2, -0.15) is 0 Å². The highest BCUT2D eigenvalue weighted by atomic mass is 15.1. The fourth-order valence-electron chi connectivity index (χ4n) is 5.09. The number of hydrogen-bond acceptors (Lipinski definition) is 1. The second-order valence-corrected chi connectivity index (χ2v) is 7.65. The molecule has 128 valence electrons. The summed E-state index contributed by atoms with van der Waals surface area (Å²) >= 11 is 0. The first-order valence-electron chi connectivity index (χ1n) is 9.37. The van der Waals surface area contributed by atoms with Gasteiger partial charge in [-0.3, -0.25) is 4.90 Å². The molecule has 25 heavy (non-hydrogen) atoms. The van der Waals surface area contributed by atoms with Gasteiger partial charge in [-0.1, -0.05) is 60.7 Å². The third kappa shape index (κ3) is 2.87. The third-order valence-corrected chi connectivity index (χ3v) is 6.09. The summed E-state index contributed by atoms with van der Waals surface area (Å²) in [6.45, 7) is 9.80. The van der Waals surface area contributed by atoms with Gasteiger partial charge in [0.2, 0.25) is 0 Å². The summed E-state index contributed by atoms with van der Waals surface area (Å²) in [5, 5.41) is 0. The maximum atomic E-state index is 3.97. The van der Waals surface area contributed by atoms with E-state index in [4.69, 9.17) is 0 Å². The van der Waals surface area contributed by atoms with E-state index in [1.807, 2.05) is 12.2 Å². The van der Waals surface area contributed by atoms with Crippen LogP contribution in [0.25, 0.3) is 0 Å². The summed E-state index contributed by atoms with van der Waals surface area (Å²) in [7, 11) is 0. The second kappa shape index (κ2) is 6.65. The second-order valence-electron chi connectivity index (χ2n) is 7.65. The van der Waals surface area contributed by atoms with Crippen LogP contribution in [0.5, 0.6) is 0 Å². The van der Waals surface area contributed by atoms with Crippen LogP contribution in [0, 0.1) is 0 Å². The first-order valence-corrected chi connectivity index (χ1v) is 9.37. The molecular weight excluding hydrogens is 302 g/mol. The molecule has 1 heteroatoms. The fraction of sp³-hybridized carbons (Fsp3) is 0.333. The molecule has 1 spiro atoms. The van der Waals surface area contributed by atoms with Crippen LogP contribution in [0.2, 0.25) is 0 Å². The standard InChI is InChI=1S/C24H27N/c1-3-13-25(14-4-2)22-15-19-9-7-8-12-23(19)24(18-22)16-20-10-5-6-11-21(20)17-24/h3-12,22H,1-2,13-18H2. The van der Waals surface area contributed by atoms with Crippen LogP contribution in [0.1, 0.15) is 28.7 Å². The summed E-state index contributed by atoms with van der Waals surface area (Å²) in [5.74, 6) is 0. The number of benzene rings is 2. The Kier molecular flexibility index (Phi) is 4.35. The highest BCUT2D eigenvalue weighted by molar-refractivity contribution is 5.47. The molecule has 0 saturated carbocycles. The van der Waals surface area contributed by atoms with Gasteiger partial charge in [-0.05, 0) is 47.9 Å². The lowest BCUT2D eigenvalue weighted by atomic mass is 9.66. The van der Waals surface area contributed by atoms with Gasteiger partial charge in [0.05, 0.1) is 0 Å². The van der Waals surface area contributed by atoms with Gasteiger partial charge >= 0.3 is 0 Å². The Hall–Kier alpha value is -2.12. The first-order chi connectivity index (χ1) is 12.3. The van der Waals surface area contributed by atoms with Crippen LogP contribution in [0.15, 0.2) is 73.8 Å². The zero-order valence-electron chi connectivity index (χ0n) is 15.0. The van der Waals surface area contributed by atoms with Gasteiger partial charge in [0, 0.05) is 24.5 Å². The molecule has 2 aromatic rings. The first kappa shape index (κ1) is 16.4. The molecule has 1 atom stereocenters. The molecule has 0 N–H and O–H groups in total. The third-order valence-electron chi connectivity index (χ3n) is 6.09. The Morgan fingerprint density at radius 2 is 1.44 bits per heavy atom. The van der Waals surface area contributed by atoms with E-state index in [2.05, 4.69) is 66.6 Å². The quantitative estimate of drug-likeness (QED) is 0.718. The van der Waals surface area contributed by atoms with Crippen molar-refractivity contribution in [2.75, 3.05) is 13.1 Å². The predicted molar refractivity (Wildman–Crippen MR) is 106 cm³/mol. The lowest BCUT2D eigenvalue weighted by molar-refractivity contribution is 0.174. The molecule has 1 unspecified atom stereocenters. The number of hydrogen-bond donors (Lipinski definition) is 0. The van der Waals surface area contributed by atoms with E-state index in [-0.39, 0.29) is 5.41 Å². The Labute approximate surface area is 151 Å². The lowest BCUT2D eigenvalue weighted by Crippen LogP contribution is -2.47. The smallest absolute Gasteiger partial charge is 0.0166 e. The van der Waals surface area contributed by atoms with Gasteiger partial charge < -0.3 is 0 Å². The van der Waals surface area contributed by atoms with Gasteiger partial charge in [-0.25, -0.2) is 0 Å². The topological polar surface area (TPSA) is 3.24 Å². The van der Waals surface area contributed by atoms with Crippen LogP contribution >= 0.6 is 0 Å². The minimum absolute atomic E-state index is 0.254. The van der Waals surface area contributed by atoms with E-state index in [0.29, 0.717) is 6.04 Å². The SMILES string of the molecule is C=CCN(CC=C)C1Cc2ccccc2C2(Cc3ccccc3C2)C1. The maximum absolute atomic E-state index is 3.97. The van der Waals surface area contributed by atoms with E-state index >= 15 is 0 Å². The highest BCUT2D eigenvalue weighted by Gasteiger charge is 2.45. The van der Waals surface area contributed by atoms with Crippen molar-refractivity contribution < 1.29 is 0 Å². The van der Waals surface area contributed by atoms with Crippen molar-refractivity contribution in [3.63, 3.8) is 0 Å². The molecule has 4 rings (SSSR count). The molecule has 0 bridgehead atoms. The predicted octanol–water partition coefficient (Wildman–Crippen LogP) is 4.71. The average molecular weight is 329 g/mol. The molecule has 0 radical (unpaired) electrons. The van der Waals surface area contributed by atoms with Crippen molar-refractivity contribution in [2.45, 2.75) is 37.1 Å². The minimum atomic E-state index is 0.254. The molecule has 0 amide bonds. The van der Waals surface area contributed by atoms with E-state index in [0.717, 1.165) is 19.5 Å². The van der Waals surface area contributed by atoms with Gasteiger partial charge in [0.15, 0.2) is 0 Å². The molecule has 0 fully saturated rings. The van der Waals surface area contributed by atoms with E-state index in [1.165, 1.54) is 36.0 Å². The van der Waals surface area contributed by atoms with Gasteiger partial charge in [0.1, 0.15) is 0 Å².